The van der Waals surface area contributed by atoms with Gasteiger partial charge in [-0.15, -0.1) is 0 Å². The number of rotatable bonds is 5. The number of para-hydroxylation sites is 1. The number of benzene rings is 2. The largest absolute Gasteiger partial charge is 0.488 e. The topological polar surface area (TPSA) is 72.3 Å². The van der Waals surface area contributed by atoms with E-state index in [1.165, 1.54) is 0 Å². The first-order chi connectivity index (χ1) is 12.5. The van der Waals surface area contributed by atoms with Gasteiger partial charge in [-0.05, 0) is 49.0 Å². The molecule has 0 saturated carbocycles. The molecule has 2 aromatic carbocycles. The van der Waals surface area contributed by atoms with Gasteiger partial charge in [0.05, 0.1) is 6.21 Å². The lowest BCUT2D eigenvalue weighted by atomic mass is 10.2. The Morgan fingerprint density at radius 1 is 1.27 bits per heavy atom. The Morgan fingerprint density at radius 2 is 2.00 bits per heavy atom. The summed E-state index contributed by atoms with van der Waals surface area (Å²) >= 11 is 8.48. The third-order valence-corrected chi connectivity index (χ3v) is 4.35. The standard InChI is InChI=1S/C18H15BrN4O2S/c1-12-17(24)23(18(26)22-21-12)20-10-14-4-2-3-5-16(14)25-11-13-6-8-15(19)9-7-13/h2-10H,11H2,1H3,(H,22,26)/b20-10+. The maximum atomic E-state index is 12.1. The highest BCUT2D eigenvalue weighted by molar-refractivity contribution is 9.10. The number of aromatic nitrogens is 3. The van der Waals surface area contributed by atoms with Crippen LogP contribution in [0.4, 0.5) is 0 Å². The number of aryl methyl sites for hydroxylation is 1. The van der Waals surface area contributed by atoms with Crippen molar-refractivity contribution in [3.05, 3.63) is 84.9 Å². The van der Waals surface area contributed by atoms with Gasteiger partial charge in [-0.1, -0.05) is 40.2 Å². The second-order valence-corrected chi connectivity index (χ2v) is 6.73. The molecule has 0 unspecified atom stereocenters. The van der Waals surface area contributed by atoms with Gasteiger partial charge in [0.1, 0.15) is 18.1 Å². The minimum absolute atomic E-state index is 0.130. The maximum Gasteiger partial charge on any atom is 0.296 e. The molecule has 26 heavy (non-hydrogen) atoms. The van der Waals surface area contributed by atoms with E-state index < -0.39 is 0 Å². The highest BCUT2D eigenvalue weighted by Gasteiger charge is 2.04. The molecule has 3 rings (SSSR count). The van der Waals surface area contributed by atoms with Gasteiger partial charge < -0.3 is 4.74 Å². The summed E-state index contributed by atoms with van der Waals surface area (Å²) in [6.07, 6.45) is 1.54. The molecular weight excluding hydrogens is 416 g/mol. The molecule has 1 aromatic heterocycles. The Morgan fingerprint density at radius 3 is 2.77 bits per heavy atom. The van der Waals surface area contributed by atoms with Crippen molar-refractivity contribution in [3.63, 3.8) is 0 Å². The molecule has 0 aliphatic heterocycles. The summed E-state index contributed by atoms with van der Waals surface area (Å²) in [5.41, 5.74) is 1.71. The minimum Gasteiger partial charge on any atom is -0.488 e. The van der Waals surface area contributed by atoms with Crippen molar-refractivity contribution < 1.29 is 4.74 Å². The quantitative estimate of drug-likeness (QED) is 0.492. The van der Waals surface area contributed by atoms with Crippen molar-refractivity contribution in [3.8, 4) is 5.75 Å². The highest BCUT2D eigenvalue weighted by Crippen LogP contribution is 2.18. The number of halogens is 1. The van der Waals surface area contributed by atoms with Crippen LogP contribution in [-0.2, 0) is 6.61 Å². The molecule has 6 nitrogen and oxygen atoms in total. The lowest BCUT2D eigenvalue weighted by Gasteiger charge is -2.09. The van der Waals surface area contributed by atoms with Gasteiger partial charge in [0.25, 0.3) is 5.56 Å². The molecule has 0 bridgehead atoms. The molecule has 0 saturated heterocycles. The van der Waals surface area contributed by atoms with Crippen molar-refractivity contribution in [1.29, 1.82) is 0 Å². The number of H-pyrrole nitrogens is 1. The summed E-state index contributed by atoms with van der Waals surface area (Å²) in [7, 11) is 0. The van der Waals surface area contributed by atoms with Gasteiger partial charge >= 0.3 is 0 Å². The number of nitrogens with zero attached hydrogens (tertiary/aromatic N) is 3. The number of nitrogens with one attached hydrogen (secondary N) is 1. The number of ether oxygens (including phenoxy) is 1. The first kappa shape index (κ1) is 18.2. The summed E-state index contributed by atoms with van der Waals surface area (Å²) in [6.45, 7) is 2.02. The molecule has 0 spiro atoms. The third kappa shape index (κ3) is 4.33. The van der Waals surface area contributed by atoms with Crippen LogP contribution in [0.15, 0.2) is 62.9 Å². The van der Waals surface area contributed by atoms with Crippen LogP contribution in [0.1, 0.15) is 16.8 Å². The van der Waals surface area contributed by atoms with E-state index in [9.17, 15) is 4.79 Å². The van der Waals surface area contributed by atoms with Crippen LogP contribution < -0.4 is 10.3 Å². The van der Waals surface area contributed by atoms with Crippen molar-refractivity contribution in [2.75, 3.05) is 0 Å². The predicted octanol–water partition coefficient (Wildman–Crippen LogP) is 3.83. The lowest BCUT2D eigenvalue weighted by Crippen LogP contribution is -2.22. The summed E-state index contributed by atoms with van der Waals surface area (Å²) in [6, 6.07) is 15.3. The van der Waals surface area contributed by atoms with Gasteiger partial charge in [0.2, 0.25) is 4.77 Å². The van der Waals surface area contributed by atoms with Gasteiger partial charge in [0, 0.05) is 10.0 Å². The van der Waals surface area contributed by atoms with Crippen LogP contribution in [0.3, 0.4) is 0 Å². The van der Waals surface area contributed by atoms with Crippen molar-refractivity contribution >= 4 is 34.4 Å². The molecule has 0 radical (unpaired) electrons. The van der Waals surface area contributed by atoms with E-state index in [1.807, 2.05) is 48.5 Å². The van der Waals surface area contributed by atoms with Crippen molar-refractivity contribution in [1.82, 2.24) is 14.9 Å². The van der Waals surface area contributed by atoms with Gasteiger partial charge in [-0.3, -0.25) is 9.89 Å². The first-order valence-electron chi connectivity index (χ1n) is 7.73. The zero-order chi connectivity index (χ0) is 18.5. The SMILES string of the molecule is Cc1n[nH]c(=S)n(/N=C/c2ccccc2OCc2ccc(Br)cc2)c1=O. The van der Waals surface area contributed by atoms with Crippen LogP contribution in [0.25, 0.3) is 0 Å². The van der Waals surface area contributed by atoms with Crippen LogP contribution >= 0.6 is 28.1 Å². The second kappa shape index (κ2) is 8.20. The fourth-order valence-electron chi connectivity index (χ4n) is 2.16. The van der Waals surface area contributed by atoms with E-state index in [2.05, 4.69) is 31.2 Å². The van der Waals surface area contributed by atoms with Crippen molar-refractivity contribution in [2.24, 2.45) is 5.10 Å². The van der Waals surface area contributed by atoms with E-state index >= 15 is 0 Å². The predicted molar refractivity (Wildman–Crippen MR) is 106 cm³/mol. The lowest BCUT2D eigenvalue weighted by molar-refractivity contribution is 0.306. The van der Waals surface area contributed by atoms with Gasteiger partial charge in [-0.2, -0.15) is 14.9 Å². The average Bonchev–Trinajstić information content (AvgIpc) is 2.65. The summed E-state index contributed by atoms with van der Waals surface area (Å²) in [5.74, 6) is 0.660. The van der Waals surface area contributed by atoms with Crippen LogP contribution in [-0.4, -0.2) is 21.1 Å². The monoisotopic (exact) mass is 430 g/mol. The highest BCUT2D eigenvalue weighted by atomic mass is 79.9. The number of aromatic amines is 1. The summed E-state index contributed by atoms with van der Waals surface area (Å²) in [5, 5.41) is 10.6. The first-order valence-corrected chi connectivity index (χ1v) is 8.93. The van der Waals surface area contributed by atoms with E-state index in [1.54, 1.807) is 13.1 Å². The molecule has 132 valence electrons. The van der Waals surface area contributed by atoms with E-state index in [0.717, 1.165) is 20.3 Å². The molecule has 0 aliphatic carbocycles. The summed E-state index contributed by atoms with van der Waals surface area (Å²) in [4.78, 5) is 12.1. The minimum atomic E-state index is -0.363. The zero-order valence-electron chi connectivity index (χ0n) is 13.8. The van der Waals surface area contributed by atoms with E-state index in [4.69, 9.17) is 17.0 Å². The number of hydrogen-bond donors (Lipinski definition) is 1. The Labute approximate surface area is 163 Å². The molecule has 8 heteroatoms. The molecule has 1 N–H and O–H groups in total. The van der Waals surface area contributed by atoms with Crippen LogP contribution in [0.5, 0.6) is 5.75 Å². The van der Waals surface area contributed by atoms with E-state index in [-0.39, 0.29) is 16.0 Å². The number of hydrogen-bond acceptors (Lipinski definition) is 5. The molecule has 1 heterocycles. The average molecular weight is 431 g/mol. The van der Waals surface area contributed by atoms with Crippen molar-refractivity contribution in [2.45, 2.75) is 13.5 Å². The molecule has 0 fully saturated rings. The van der Waals surface area contributed by atoms with E-state index in [0.29, 0.717) is 12.4 Å². The van der Waals surface area contributed by atoms with Gasteiger partial charge in [0.15, 0.2) is 0 Å². The van der Waals surface area contributed by atoms with Gasteiger partial charge in [-0.25, -0.2) is 0 Å². The molecule has 0 aliphatic rings. The Kier molecular flexibility index (Phi) is 5.75. The Hall–Kier alpha value is -2.58. The molecule has 3 aromatic rings. The Balaban J connectivity index is 1.83. The molecule has 0 atom stereocenters. The Bertz CT molecular complexity index is 1060. The maximum absolute atomic E-state index is 12.1. The molecule has 0 amide bonds. The van der Waals surface area contributed by atoms with Crippen LogP contribution in [0.2, 0.25) is 0 Å². The smallest absolute Gasteiger partial charge is 0.296 e. The van der Waals surface area contributed by atoms with Crippen LogP contribution in [0, 0.1) is 11.7 Å². The third-order valence-electron chi connectivity index (χ3n) is 3.55. The zero-order valence-corrected chi connectivity index (χ0v) is 16.3. The molecular formula is C18H15BrN4O2S. The fraction of sp³-hybridized carbons (Fsp3) is 0.111. The second-order valence-electron chi connectivity index (χ2n) is 5.43. The normalized spacial score (nSPS) is 11.0. The summed E-state index contributed by atoms with van der Waals surface area (Å²) < 4.78 is 8.14. The fourth-order valence-corrected chi connectivity index (χ4v) is 2.60.